The lowest BCUT2D eigenvalue weighted by molar-refractivity contribution is 0.621. The first kappa shape index (κ1) is 13.3. The molecule has 0 saturated heterocycles. The SMILES string of the molecule is Cc1ccc(C(NN)c2ncccc2Cl)cc1Cl. The van der Waals surface area contributed by atoms with E-state index in [1.165, 1.54) is 0 Å². The Labute approximate surface area is 116 Å². The van der Waals surface area contributed by atoms with Crippen LogP contribution < -0.4 is 11.3 Å². The molecular weight excluding hydrogens is 269 g/mol. The van der Waals surface area contributed by atoms with E-state index in [4.69, 9.17) is 29.0 Å². The third-order valence-electron chi connectivity index (χ3n) is 2.76. The molecule has 1 unspecified atom stereocenters. The normalized spacial score (nSPS) is 12.4. The summed E-state index contributed by atoms with van der Waals surface area (Å²) in [6, 6.07) is 9.05. The number of pyridine rings is 1. The highest BCUT2D eigenvalue weighted by Gasteiger charge is 2.17. The maximum atomic E-state index is 6.13. The third-order valence-corrected chi connectivity index (χ3v) is 3.48. The Bertz CT molecular complexity index is 558. The van der Waals surface area contributed by atoms with E-state index in [0.29, 0.717) is 15.7 Å². The molecular formula is C13H13Cl2N3. The fraction of sp³-hybridized carbons (Fsp3) is 0.154. The van der Waals surface area contributed by atoms with E-state index in [1.807, 2.05) is 25.1 Å². The molecule has 2 aromatic rings. The van der Waals surface area contributed by atoms with Gasteiger partial charge in [-0.25, -0.2) is 5.43 Å². The van der Waals surface area contributed by atoms with E-state index in [-0.39, 0.29) is 6.04 Å². The van der Waals surface area contributed by atoms with Gasteiger partial charge < -0.3 is 0 Å². The van der Waals surface area contributed by atoms with Crippen molar-refractivity contribution in [3.05, 3.63) is 63.4 Å². The highest BCUT2D eigenvalue weighted by atomic mass is 35.5. The molecule has 1 aromatic carbocycles. The summed E-state index contributed by atoms with van der Waals surface area (Å²) in [4.78, 5) is 4.26. The quantitative estimate of drug-likeness (QED) is 0.671. The zero-order valence-corrected chi connectivity index (χ0v) is 11.3. The van der Waals surface area contributed by atoms with E-state index < -0.39 is 0 Å². The second-order valence-electron chi connectivity index (χ2n) is 3.98. The summed E-state index contributed by atoms with van der Waals surface area (Å²) < 4.78 is 0. The smallest absolute Gasteiger partial charge is 0.0897 e. The van der Waals surface area contributed by atoms with Crippen LogP contribution in [0.5, 0.6) is 0 Å². The summed E-state index contributed by atoms with van der Waals surface area (Å²) in [6.07, 6.45) is 1.68. The van der Waals surface area contributed by atoms with Crippen LogP contribution in [0.15, 0.2) is 36.5 Å². The topological polar surface area (TPSA) is 50.9 Å². The fourth-order valence-corrected chi connectivity index (χ4v) is 2.15. The van der Waals surface area contributed by atoms with Gasteiger partial charge in [-0.3, -0.25) is 10.8 Å². The molecule has 0 spiro atoms. The number of hydrazine groups is 1. The average molecular weight is 282 g/mol. The number of halogens is 2. The molecule has 3 N–H and O–H groups in total. The predicted octanol–water partition coefficient (Wildman–Crippen LogP) is 3.25. The van der Waals surface area contributed by atoms with Crippen LogP contribution in [-0.4, -0.2) is 4.98 Å². The number of hydrogen-bond acceptors (Lipinski definition) is 3. The third kappa shape index (κ3) is 2.65. The summed E-state index contributed by atoms with van der Waals surface area (Å²) >= 11 is 12.2. The largest absolute Gasteiger partial charge is 0.271 e. The molecule has 94 valence electrons. The molecule has 2 rings (SSSR count). The van der Waals surface area contributed by atoms with Crippen molar-refractivity contribution in [1.82, 2.24) is 10.4 Å². The Morgan fingerprint density at radius 2 is 2.00 bits per heavy atom. The van der Waals surface area contributed by atoms with Gasteiger partial charge in [-0.05, 0) is 36.2 Å². The summed E-state index contributed by atoms with van der Waals surface area (Å²) in [5.41, 5.74) is 5.34. The second-order valence-corrected chi connectivity index (χ2v) is 4.79. The molecule has 0 saturated carbocycles. The highest BCUT2D eigenvalue weighted by molar-refractivity contribution is 6.31. The van der Waals surface area contributed by atoms with Crippen LogP contribution in [0.3, 0.4) is 0 Å². The van der Waals surface area contributed by atoms with Crippen molar-refractivity contribution in [3.63, 3.8) is 0 Å². The van der Waals surface area contributed by atoms with Crippen LogP contribution in [-0.2, 0) is 0 Å². The number of nitrogens with one attached hydrogen (secondary N) is 1. The Morgan fingerprint density at radius 1 is 1.22 bits per heavy atom. The van der Waals surface area contributed by atoms with Gasteiger partial charge in [-0.2, -0.15) is 0 Å². The predicted molar refractivity (Wildman–Crippen MR) is 74.6 cm³/mol. The van der Waals surface area contributed by atoms with Gasteiger partial charge in [0.15, 0.2) is 0 Å². The summed E-state index contributed by atoms with van der Waals surface area (Å²) in [7, 11) is 0. The van der Waals surface area contributed by atoms with E-state index >= 15 is 0 Å². The van der Waals surface area contributed by atoms with Crippen molar-refractivity contribution in [3.8, 4) is 0 Å². The van der Waals surface area contributed by atoms with E-state index in [2.05, 4.69) is 10.4 Å². The molecule has 0 bridgehead atoms. The Balaban J connectivity index is 2.45. The molecule has 18 heavy (non-hydrogen) atoms. The van der Waals surface area contributed by atoms with Crippen LogP contribution in [0.4, 0.5) is 0 Å². The first-order valence-corrected chi connectivity index (χ1v) is 6.21. The second kappa shape index (κ2) is 5.67. The van der Waals surface area contributed by atoms with Gasteiger partial charge in [0.2, 0.25) is 0 Å². The number of nitrogens with zero attached hydrogens (tertiary/aromatic N) is 1. The highest BCUT2D eigenvalue weighted by Crippen LogP contribution is 2.28. The maximum absolute atomic E-state index is 6.13. The minimum absolute atomic E-state index is 0.281. The molecule has 0 fully saturated rings. The molecule has 1 aromatic heterocycles. The molecule has 0 aliphatic carbocycles. The standard InChI is InChI=1S/C13H13Cl2N3/c1-8-4-5-9(7-11(8)15)12(18-16)13-10(14)3-2-6-17-13/h2-7,12,18H,16H2,1H3. The van der Waals surface area contributed by atoms with Crippen molar-refractivity contribution >= 4 is 23.2 Å². The van der Waals surface area contributed by atoms with E-state index in [0.717, 1.165) is 11.1 Å². The Kier molecular flexibility index (Phi) is 4.19. The average Bonchev–Trinajstić information content (AvgIpc) is 2.37. The molecule has 0 amide bonds. The fourth-order valence-electron chi connectivity index (χ4n) is 1.73. The van der Waals surface area contributed by atoms with Crippen molar-refractivity contribution in [1.29, 1.82) is 0 Å². The molecule has 1 atom stereocenters. The number of aryl methyl sites for hydroxylation is 1. The van der Waals surface area contributed by atoms with Gasteiger partial charge in [0.05, 0.1) is 16.8 Å². The van der Waals surface area contributed by atoms with E-state index in [1.54, 1.807) is 18.3 Å². The Hall–Kier alpha value is -1.13. The van der Waals surface area contributed by atoms with Gasteiger partial charge in [0.25, 0.3) is 0 Å². The lowest BCUT2D eigenvalue weighted by Crippen LogP contribution is -2.29. The first-order valence-electron chi connectivity index (χ1n) is 5.46. The summed E-state index contributed by atoms with van der Waals surface area (Å²) in [6.45, 7) is 1.95. The zero-order chi connectivity index (χ0) is 13.1. The van der Waals surface area contributed by atoms with Gasteiger partial charge in [0, 0.05) is 11.2 Å². The molecule has 0 radical (unpaired) electrons. The molecule has 1 heterocycles. The van der Waals surface area contributed by atoms with Crippen LogP contribution in [0, 0.1) is 6.92 Å². The number of hydrogen-bond donors (Lipinski definition) is 2. The lowest BCUT2D eigenvalue weighted by atomic mass is 10.0. The lowest BCUT2D eigenvalue weighted by Gasteiger charge is -2.17. The number of nitrogens with two attached hydrogens (primary N) is 1. The van der Waals surface area contributed by atoms with Crippen LogP contribution in [0.2, 0.25) is 10.0 Å². The zero-order valence-electron chi connectivity index (χ0n) is 9.82. The van der Waals surface area contributed by atoms with Crippen molar-refractivity contribution in [2.24, 2.45) is 5.84 Å². The van der Waals surface area contributed by atoms with Gasteiger partial charge in [-0.1, -0.05) is 35.3 Å². The van der Waals surface area contributed by atoms with Crippen LogP contribution in [0.1, 0.15) is 22.9 Å². The molecule has 5 heteroatoms. The monoisotopic (exact) mass is 281 g/mol. The van der Waals surface area contributed by atoms with Crippen LogP contribution >= 0.6 is 23.2 Å². The number of aromatic nitrogens is 1. The minimum Gasteiger partial charge on any atom is -0.271 e. The van der Waals surface area contributed by atoms with Gasteiger partial charge in [-0.15, -0.1) is 0 Å². The number of rotatable bonds is 3. The van der Waals surface area contributed by atoms with E-state index in [9.17, 15) is 0 Å². The van der Waals surface area contributed by atoms with Crippen molar-refractivity contribution in [2.45, 2.75) is 13.0 Å². The molecule has 0 aliphatic heterocycles. The number of benzene rings is 1. The van der Waals surface area contributed by atoms with Crippen molar-refractivity contribution < 1.29 is 0 Å². The maximum Gasteiger partial charge on any atom is 0.0897 e. The summed E-state index contributed by atoms with van der Waals surface area (Å²) in [5, 5.41) is 1.26. The van der Waals surface area contributed by atoms with Gasteiger partial charge >= 0.3 is 0 Å². The molecule has 3 nitrogen and oxygen atoms in total. The molecule has 0 aliphatic rings. The van der Waals surface area contributed by atoms with Crippen molar-refractivity contribution in [2.75, 3.05) is 0 Å². The van der Waals surface area contributed by atoms with Crippen LogP contribution in [0.25, 0.3) is 0 Å². The summed E-state index contributed by atoms with van der Waals surface area (Å²) in [5.74, 6) is 5.60. The Morgan fingerprint density at radius 3 is 2.61 bits per heavy atom. The van der Waals surface area contributed by atoms with Gasteiger partial charge in [0.1, 0.15) is 0 Å². The minimum atomic E-state index is -0.281. The first-order chi connectivity index (χ1) is 8.63.